The van der Waals surface area contributed by atoms with Gasteiger partial charge in [-0.25, -0.2) is 13.6 Å². The molecule has 3 aromatic rings. The number of nitrogens with zero attached hydrogens (tertiary/aromatic N) is 1. The molecule has 3 N–H and O–H groups in total. The van der Waals surface area contributed by atoms with Gasteiger partial charge in [0.25, 0.3) is 0 Å². The number of primary sulfonamides is 1. The average molecular weight is 432 g/mol. The van der Waals surface area contributed by atoms with E-state index in [-0.39, 0.29) is 35.3 Å². The molecular formula is C20H18ClN3O4S. The van der Waals surface area contributed by atoms with Gasteiger partial charge in [-0.1, -0.05) is 35.9 Å². The monoisotopic (exact) mass is 431 g/mol. The van der Waals surface area contributed by atoms with Gasteiger partial charge in [-0.3, -0.25) is 9.78 Å². The summed E-state index contributed by atoms with van der Waals surface area (Å²) in [5.74, 6) is -0.275. The predicted molar refractivity (Wildman–Crippen MR) is 110 cm³/mol. The van der Waals surface area contributed by atoms with E-state index in [9.17, 15) is 13.2 Å². The SMILES string of the molecule is NS(=O)(=O)c1cc(NC(=O)Cc2ccccc2Cl)ccc1OCc1ccccn1. The highest BCUT2D eigenvalue weighted by Gasteiger charge is 2.17. The summed E-state index contributed by atoms with van der Waals surface area (Å²) in [4.78, 5) is 16.2. The smallest absolute Gasteiger partial charge is 0.241 e. The van der Waals surface area contributed by atoms with Crippen LogP contribution in [0.1, 0.15) is 11.3 Å². The highest BCUT2D eigenvalue weighted by atomic mass is 35.5. The van der Waals surface area contributed by atoms with Crippen LogP contribution >= 0.6 is 11.6 Å². The number of anilines is 1. The van der Waals surface area contributed by atoms with Crippen LogP contribution in [0.25, 0.3) is 0 Å². The summed E-state index contributed by atoms with van der Waals surface area (Å²) in [5.41, 5.74) is 1.56. The van der Waals surface area contributed by atoms with Crippen LogP contribution in [-0.4, -0.2) is 19.3 Å². The van der Waals surface area contributed by atoms with Gasteiger partial charge in [0.1, 0.15) is 17.3 Å². The second-order valence-electron chi connectivity index (χ2n) is 6.13. The van der Waals surface area contributed by atoms with Crippen molar-refractivity contribution < 1.29 is 17.9 Å². The average Bonchev–Trinajstić information content (AvgIpc) is 2.69. The molecule has 9 heteroatoms. The first-order valence-electron chi connectivity index (χ1n) is 8.56. The Morgan fingerprint density at radius 1 is 1.10 bits per heavy atom. The fourth-order valence-electron chi connectivity index (χ4n) is 2.58. The number of nitrogens with two attached hydrogens (primary N) is 1. The number of hydrogen-bond donors (Lipinski definition) is 2. The fourth-order valence-corrected chi connectivity index (χ4v) is 3.48. The predicted octanol–water partition coefficient (Wildman–Crippen LogP) is 3.14. The van der Waals surface area contributed by atoms with Crippen LogP contribution in [-0.2, 0) is 27.8 Å². The van der Waals surface area contributed by atoms with Crippen molar-refractivity contribution in [1.82, 2.24) is 4.98 Å². The fraction of sp³-hybridized carbons (Fsp3) is 0.100. The van der Waals surface area contributed by atoms with E-state index in [4.69, 9.17) is 21.5 Å². The summed E-state index contributed by atoms with van der Waals surface area (Å²) in [6.45, 7) is 0.0710. The highest BCUT2D eigenvalue weighted by Crippen LogP contribution is 2.27. The molecule has 0 fully saturated rings. The molecule has 0 unspecified atom stereocenters. The Bertz CT molecular complexity index is 1120. The normalized spacial score (nSPS) is 11.1. The quantitative estimate of drug-likeness (QED) is 0.596. The first-order valence-corrected chi connectivity index (χ1v) is 10.5. The number of aromatic nitrogens is 1. The molecule has 0 saturated carbocycles. The van der Waals surface area contributed by atoms with E-state index in [2.05, 4.69) is 10.3 Å². The van der Waals surface area contributed by atoms with Crippen molar-refractivity contribution >= 4 is 33.2 Å². The minimum Gasteiger partial charge on any atom is -0.486 e. The molecular weight excluding hydrogens is 414 g/mol. The van der Waals surface area contributed by atoms with Gasteiger partial charge in [0.05, 0.1) is 12.1 Å². The lowest BCUT2D eigenvalue weighted by Crippen LogP contribution is -2.17. The van der Waals surface area contributed by atoms with Crippen molar-refractivity contribution in [2.75, 3.05) is 5.32 Å². The van der Waals surface area contributed by atoms with Crippen molar-refractivity contribution in [3.63, 3.8) is 0 Å². The Kier molecular flexibility index (Phi) is 6.48. The van der Waals surface area contributed by atoms with Gasteiger partial charge < -0.3 is 10.1 Å². The molecule has 1 heterocycles. The van der Waals surface area contributed by atoms with Crippen LogP contribution in [0.15, 0.2) is 71.8 Å². The van der Waals surface area contributed by atoms with E-state index in [1.54, 1.807) is 48.7 Å². The minimum absolute atomic E-state index is 0.0440. The Morgan fingerprint density at radius 3 is 2.55 bits per heavy atom. The van der Waals surface area contributed by atoms with Crippen LogP contribution in [0.5, 0.6) is 5.75 Å². The second-order valence-corrected chi connectivity index (χ2v) is 8.07. The number of ether oxygens (including phenoxy) is 1. The van der Waals surface area contributed by atoms with E-state index >= 15 is 0 Å². The standard InChI is InChI=1S/C20H18ClN3O4S/c21-17-7-2-1-5-14(17)11-20(25)24-15-8-9-18(19(12-15)29(22,26)27)28-13-16-6-3-4-10-23-16/h1-10,12H,11,13H2,(H,24,25)(H2,22,26,27). The number of pyridine rings is 1. The molecule has 0 aliphatic carbocycles. The van der Waals surface area contributed by atoms with Gasteiger partial charge in [-0.15, -0.1) is 0 Å². The van der Waals surface area contributed by atoms with E-state index in [0.29, 0.717) is 16.3 Å². The number of benzene rings is 2. The summed E-state index contributed by atoms with van der Waals surface area (Å²) >= 11 is 6.06. The van der Waals surface area contributed by atoms with E-state index in [1.807, 2.05) is 0 Å². The molecule has 0 atom stereocenters. The molecule has 0 radical (unpaired) electrons. The number of carbonyl (C=O) groups is 1. The third-order valence-electron chi connectivity index (χ3n) is 3.94. The molecule has 3 rings (SSSR count). The Hall–Kier alpha value is -2.94. The first kappa shape index (κ1) is 20.8. The molecule has 150 valence electrons. The lowest BCUT2D eigenvalue weighted by atomic mass is 10.1. The number of sulfonamides is 1. The maximum atomic E-state index is 12.3. The molecule has 1 aromatic heterocycles. The lowest BCUT2D eigenvalue weighted by Gasteiger charge is -2.13. The maximum absolute atomic E-state index is 12.3. The van der Waals surface area contributed by atoms with Gasteiger partial charge in [-0.05, 0) is 42.0 Å². The van der Waals surface area contributed by atoms with Crippen molar-refractivity contribution in [1.29, 1.82) is 0 Å². The topological polar surface area (TPSA) is 111 Å². The van der Waals surface area contributed by atoms with Crippen molar-refractivity contribution in [2.45, 2.75) is 17.9 Å². The molecule has 0 aliphatic heterocycles. The highest BCUT2D eigenvalue weighted by molar-refractivity contribution is 7.89. The van der Waals surface area contributed by atoms with Gasteiger partial charge in [-0.2, -0.15) is 0 Å². The third kappa shape index (κ3) is 5.77. The van der Waals surface area contributed by atoms with Crippen molar-refractivity contribution in [3.8, 4) is 5.75 Å². The Balaban J connectivity index is 1.76. The summed E-state index contributed by atoms with van der Waals surface area (Å²) in [7, 11) is -4.08. The number of halogens is 1. The Labute approximate surface area is 173 Å². The summed E-state index contributed by atoms with van der Waals surface area (Å²) in [5, 5.41) is 8.44. The first-order chi connectivity index (χ1) is 13.8. The lowest BCUT2D eigenvalue weighted by molar-refractivity contribution is -0.115. The van der Waals surface area contributed by atoms with Crippen LogP contribution in [0.3, 0.4) is 0 Å². The number of amides is 1. The molecule has 0 bridgehead atoms. The zero-order valence-corrected chi connectivity index (χ0v) is 16.8. The minimum atomic E-state index is -4.08. The Morgan fingerprint density at radius 2 is 1.86 bits per heavy atom. The van der Waals surface area contributed by atoms with Crippen LogP contribution in [0, 0.1) is 0 Å². The van der Waals surface area contributed by atoms with Gasteiger partial charge >= 0.3 is 0 Å². The van der Waals surface area contributed by atoms with Gasteiger partial charge in [0.2, 0.25) is 15.9 Å². The van der Waals surface area contributed by atoms with Crippen LogP contribution < -0.4 is 15.2 Å². The van der Waals surface area contributed by atoms with E-state index in [1.165, 1.54) is 18.2 Å². The molecule has 1 amide bonds. The number of hydrogen-bond acceptors (Lipinski definition) is 5. The third-order valence-corrected chi connectivity index (χ3v) is 5.25. The number of nitrogens with one attached hydrogen (secondary N) is 1. The van der Waals surface area contributed by atoms with Gasteiger partial charge in [0, 0.05) is 16.9 Å². The number of carbonyl (C=O) groups excluding carboxylic acids is 1. The largest absolute Gasteiger partial charge is 0.486 e. The summed E-state index contributed by atoms with van der Waals surface area (Å²) in [6, 6.07) is 16.5. The summed E-state index contributed by atoms with van der Waals surface area (Å²) < 4.78 is 29.6. The van der Waals surface area contributed by atoms with Crippen molar-refractivity contribution in [3.05, 3.63) is 83.1 Å². The van der Waals surface area contributed by atoms with Crippen LogP contribution in [0.4, 0.5) is 5.69 Å². The van der Waals surface area contributed by atoms with Crippen molar-refractivity contribution in [2.24, 2.45) is 5.14 Å². The van der Waals surface area contributed by atoms with E-state index < -0.39 is 10.0 Å². The molecule has 0 aliphatic rings. The molecule has 7 nitrogen and oxygen atoms in total. The molecule has 0 saturated heterocycles. The zero-order valence-electron chi connectivity index (χ0n) is 15.2. The summed E-state index contributed by atoms with van der Waals surface area (Å²) in [6.07, 6.45) is 1.65. The van der Waals surface area contributed by atoms with E-state index in [0.717, 1.165) is 0 Å². The molecule has 29 heavy (non-hydrogen) atoms. The van der Waals surface area contributed by atoms with Crippen LogP contribution in [0.2, 0.25) is 5.02 Å². The maximum Gasteiger partial charge on any atom is 0.241 e. The zero-order chi connectivity index (χ0) is 20.9. The molecule has 2 aromatic carbocycles. The number of rotatable bonds is 7. The second kappa shape index (κ2) is 9.04. The molecule has 0 spiro atoms. The van der Waals surface area contributed by atoms with Gasteiger partial charge in [0.15, 0.2) is 0 Å².